The summed E-state index contributed by atoms with van der Waals surface area (Å²) in [5.74, 6) is 0.448. The topological polar surface area (TPSA) is 63.6 Å². The molecule has 0 aliphatic heterocycles. The van der Waals surface area contributed by atoms with Gasteiger partial charge in [0.2, 0.25) is 0 Å². The number of carbonyl (C=O) groups is 1. The van der Waals surface area contributed by atoms with Gasteiger partial charge in [-0.05, 0) is 60.4 Å². The van der Waals surface area contributed by atoms with E-state index < -0.39 is 0 Å². The van der Waals surface area contributed by atoms with Gasteiger partial charge in [-0.25, -0.2) is 10.4 Å². The van der Waals surface area contributed by atoms with E-state index in [1.54, 1.807) is 19.2 Å². The second kappa shape index (κ2) is 10.5. The normalized spacial score (nSPS) is 11.5. The van der Waals surface area contributed by atoms with Gasteiger partial charge in [0, 0.05) is 10.9 Å². The number of nitrogens with one attached hydrogen (secondary N) is 1. The van der Waals surface area contributed by atoms with Crippen LogP contribution in [0, 0.1) is 0 Å². The summed E-state index contributed by atoms with van der Waals surface area (Å²) in [5, 5.41) is 5.59. The van der Waals surface area contributed by atoms with Crippen molar-refractivity contribution in [2.24, 2.45) is 5.10 Å². The van der Waals surface area contributed by atoms with E-state index in [1.165, 1.54) is 5.56 Å². The number of methoxy groups -OCH3 is 1. The van der Waals surface area contributed by atoms with E-state index in [1.807, 2.05) is 55.5 Å². The van der Waals surface area contributed by atoms with Crippen molar-refractivity contribution in [1.82, 2.24) is 10.4 Å². The average molecular weight is 472 g/mol. The number of aryl methyl sites for hydroxylation is 1. The SMILES string of the molecule is CC/C(=N\NC(=O)c1cc(-c2ccc(CC)cc2)nc2c(Cl)cccc12)c1ccc(OC)cc1. The number of para-hydroxylation sites is 1. The molecule has 0 unspecified atom stereocenters. The van der Waals surface area contributed by atoms with Crippen molar-refractivity contribution in [1.29, 1.82) is 0 Å². The van der Waals surface area contributed by atoms with Gasteiger partial charge in [0.25, 0.3) is 5.91 Å². The Morgan fingerprint density at radius 3 is 2.41 bits per heavy atom. The predicted octanol–water partition coefficient (Wildman–Crippen LogP) is 6.67. The second-order valence-corrected chi connectivity index (χ2v) is 8.23. The number of ether oxygens (including phenoxy) is 1. The van der Waals surface area contributed by atoms with Crippen LogP contribution in [0.15, 0.2) is 77.9 Å². The summed E-state index contributed by atoms with van der Waals surface area (Å²) in [6.45, 7) is 4.11. The molecule has 3 aromatic carbocycles. The molecule has 1 N–H and O–H groups in total. The third kappa shape index (κ3) is 4.95. The van der Waals surface area contributed by atoms with Crippen LogP contribution < -0.4 is 10.2 Å². The smallest absolute Gasteiger partial charge is 0.272 e. The van der Waals surface area contributed by atoms with Gasteiger partial charge in [0.15, 0.2) is 0 Å². The number of rotatable bonds is 7. The lowest BCUT2D eigenvalue weighted by molar-refractivity contribution is 0.0956. The number of hydrogen-bond acceptors (Lipinski definition) is 4. The van der Waals surface area contributed by atoms with Gasteiger partial charge in [-0.1, -0.05) is 61.8 Å². The zero-order chi connectivity index (χ0) is 24.1. The monoisotopic (exact) mass is 471 g/mol. The quantitative estimate of drug-likeness (QED) is 0.242. The maximum absolute atomic E-state index is 13.3. The molecule has 0 saturated carbocycles. The second-order valence-electron chi connectivity index (χ2n) is 7.82. The number of amides is 1. The van der Waals surface area contributed by atoms with E-state index >= 15 is 0 Å². The van der Waals surface area contributed by atoms with Crippen LogP contribution in [0.4, 0.5) is 0 Å². The number of hydrazone groups is 1. The predicted molar refractivity (Wildman–Crippen MR) is 139 cm³/mol. The summed E-state index contributed by atoms with van der Waals surface area (Å²) < 4.78 is 5.22. The summed E-state index contributed by atoms with van der Waals surface area (Å²) in [5.41, 5.74) is 8.31. The van der Waals surface area contributed by atoms with E-state index in [0.717, 1.165) is 29.0 Å². The fraction of sp³-hybridized carbons (Fsp3) is 0.179. The number of nitrogens with zero attached hydrogens (tertiary/aromatic N) is 2. The van der Waals surface area contributed by atoms with Crippen LogP contribution in [-0.4, -0.2) is 23.7 Å². The zero-order valence-corrected chi connectivity index (χ0v) is 20.2. The van der Waals surface area contributed by atoms with Crippen molar-refractivity contribution < 1.29 is 9.53 Å². The van der Waals surface area contributed by atoms with Crippen molar-refractivity contribution >= 4 is 34.1 Å². The lowest BCUT2D eigenvalue weighted by Gasteiger charge is -2.11. The maximum Gasteiger partial charge on any atom is 0.272 e. The minimum absolute atomic E-state index is 0.319. The molecule has 0 aliphatic carbocycles. The van der Waals surface area contributed by atoms with Crippen LogP contribution >= 0.6 is 11.6 Å². The van der Waals surface area contributed by atoms with Crippen molar-refractivity contribution in [3.05, 3.63) is 94.5 Å². The Bertz CT molecular complexity index is 1350. The van der Waals surface area contributed by atoms with Crippen LogP contribution in [0.3, 0.4) is 0 Å². The molecule has 1 heterocycles. The number of halogens is 1. The minimum atomic E-state index is -0.319. The summed E-state index contributed by atoms with van der Waals surface area (Å²) in [7, 11) is 1.63. The highest BCUT2D eigenvalue weighted by molar-refractivity contribution is 6.35. The summed E-state index contributed by atoms with van der Waals surface area (Å²) >= 11 is 6.46. The number of hydrogen-bond donors (Lipinski definition) is 1. The van der Waals surface area contributed by atoms with Crippen molar-refractivity contribution in [2.45, 2.75) is 26.7 Å². The van der Waals surface area contributed by atoms with E-state index in [2.05, 4.69) is 29.6 Å². The molecule has 1 aromatic heterocycles. The standard InChI is InChI=1S/C28H26ClN3O2/c1-4-18-9-11-20(12-10-18)26-17-23(22-7-6-8-24(29)27(22)30-26)28(33)32-31-25(5-2)19-13-15-21(34-3)16-14-19/h6-17H,4-5H2,1-3H3,(H,32,33)/b31-25+. The first-order valence-corrected chi connectivity index (χ1v) is 11.6. The van der Waals surface area contributed by atoms with Crippen LogP contribution in [0.2, 0.25) is 5.02 Å². The van der Waals surface area contributed by atoms with Crippen LogP contribution in [-0.2, 0) is 6.42 Å². The molecule has 34 heavy (non-hydrogen) atoms. The van der Waals surface area contributed by atoms with Gasteiger partial charge >= 0.3 is 0 Å². The van der Waals surface area contributed by atoms with Crippen molar-refractivity contribution in [2.75, 3.05) is 7.11 Å². The van der Waals surface area contributed by atoms with Gasteiger partial charge < -0.3 is 4.74 Å². The lowest BCUT2D eigenvalue weighted by Crippen LogP contribution is -2.20. The molecule has 4 aromatic rings. The van der Waals surface area contributed by atoms with Crippen LogP contribution in [0.5, 0.6) is 5.75 Å². The molecule has 0 aliphatic rings. The molecular weight excluding hydrogens is 446 g/mol. The van der Waals surface area contributed by atoms with E-state index in [9.17, 15) is 4.79 Å². The van der Waals surface area contributed by atoms with E-state index in [-0.39, 0.29) is 5.91 Å². The largest absolute Gasteiger partial charge is 0.497 e. The molecule has 0 spiro atoms. The highest BCUT2D eigenvalue weighted by Gasteiger charge is 2.16. The molecule has 0 radical (unpaired) electrons. The zero-order valence-electron chi connectivity index (χ0n) is 19.4. The van der Waals surface area contributed by atoms with Gasteiger partial charge in [-0.15, -0.1) is 0 Å². The van der Waals surface area contributed by atoms with Crippen LogP contribution in [0.1, 0.15) is 41.8 Å². The van der Waals surface area contributed by atoms with Gasteiger partial charge in [0.05, 0.1) is 34.6 Å². The molecule has 0 saturated heterocycles. The Hall–Kier alpha value is -3.70. The first-order chi connectivity index (χ1) is 16.5. The molecule has 0 bridgehead atoms. The van der Waals surface area contributed by atoms with Gasteiger partial charge in [-0.2, -0.15) is 5.10 Å². The molecular formula is C28H26ClN3O2. The highest BCUT2D eigenvalue weighted by Crippen LogP contribution is 2.29. The van der Waals surface area contributed by atoms with Gasteiger partial charge in [0.1, 0.15) is 5.75 Å². The number of aromatic nitrogens is 1. The maximum atomic E-state index is 13.3. The molecule has 6 heteroatoms. The fourth-order valence-corrected chi connectivity index (χ4v) is 3.99. The minimum Gasteiger partial charge on any atom is -0.497 e. The van der Waals surface area contributed by atoms with E-state index in [4.69, 9.17) is 21.3 Å². The van der Waals surface area contributed by atoms with Crippen LogP contribution in [0.25, 0.3) is 22.2 Å². The lowest BCUT2D eigenvalue weighted by atomic mass is 10.0. The number of pyridine rings is 1. The number of benzene rings is 3. The number of carbonyl (C=O) groups excluding carboxylic acids is 1. The average Bonchev–Trinajstić information content (AvgIpc) is 2.89. The van der Waals surface area contributed by atoms with Crippen molar-refractivity contribution in [3.8, 4) is 17.0 Å². The number of fused-ring (bicyclic) bond motifs is 1. The third-order valence-corrected chi connectivity index (χ3v) is 6.05. The first kappa shape index (κ1) is 23.5. The van der Waals surface area contributed by atoms with Gasteiger partial charge in [-0.3, -0.25) is 4.79 Å². The Morgan fingerprint density at radius 1 is 1.03 bits per heavy atom. The Labute approximate surface area is 204 Å². The summed E-state index contributed by atoms with van der Waals surface area (Å²) in [6.07, 6.45) is 1.61. The third-order valence-electron chi connectivity index (χ3n) is 5.74. The molecule has 172 valence electrons. The van der Waals surface area contributed by atoms with Crippen molar-refractivity contribution in [3.63, 3.8) is 0 Å². The Morgan fingerprint density at radius 2 is 1.76 bits per heavy atom. The summed E-state index contributed by atoms with van der Waals surface area (Å²) in [6, 6.07) is 23.0. The molecule has 5 nitrogen and oxygen atoms in total. The Kier molecular flexibility index (Phi) is 7.24. The summed E-state index contributed by atoms with van der Waals surface area (Å²) in [4.78, 5) is 18.1. The Balaban J connectivity index is 1.72. The highest BCUT2D eigenvalue weighted by atomic mass is 35.5. The molecule has 0 fully saturated rings. The fourth-order valence-electron chi connectivity index (χ4n) is 3.77. The molecule has 0 atom stereocenters. The molecule has 4 rings (SSSR count). The molecule has 1 amide bonds. The van der Waals surface area contributed by atoms with E-state index in [0.29, 0.717) is 33.6 Å². The first-order valence-electron chi connectivity index (χ1n) is 11.2.